The number of hydrogen-bond donors (Lipinski definition) is 2. The lowest BCUT2D eigenvalue weighted by Crippen LogP contribution is -2.40. The van der Waals surface area contributed by atoms with Crippen LogP contribution in [0.1, 0.15) is 19.3 Å². The molecule has 3 unspecified atom stereocenters. The molecule has 0 spiro atoms. The smallest absolute Gasteiger partial charge is 0.269 e. The molecule has 3 rings (SSSR count). The van der Waals surface area contributed by atoms with Gasteiger partial charge in [0, 0.05) is 18.2 Å². The summed E-state index contributed by atoms with van der Waals surface area (Å²) in [5.41, 5.74) is -0.114. The van der Waals surface area contributed by atoms with Crippen molar-refractivity contribution in [3.63, 3.8) is 0 Å². The molecule has 8 heteroatoms. The molecule has 1 saturated heterocycles. The maximum Gasteiger partial charge on any atom is 0.269 e. The Labute approximate surface area is 129 Å². The fourth-order valence-electron chi connectivity index (χ4n) is 3.44. The monoisotopic (exact) mass is 325 g/mol. The standard InChI is InChI=1S/C14H19N3O4S/c18-17(19)13-3-5-14(6-4-13)22(20,21)16-12-2-1-10-8-15-9-11(10)7-12/h3-6,10-12,15-16H,1-2,7-9H2. The lowest BCUT2D eigenvalue weighted by Gasteiger charge is -2.31. The second kappa shape index (κ2) is 5.94. The van der Waals surface area contributed by atoms with Crippen LogP contribution in [-0.2, 0) is 10.0 Å². The van der Waals surface area contributed by atoms with Crippen LogP contribution < -0.4 is 10.0 Å². The van der Waals surface area contributed by atoms with Gasteiger partial charge in [0.05, 0.1) is 9.82 Å². The molecule has 7 nitrogen and oxygen atoms in total. The van der Waals surface area contributed by atoms with Crippen molar-refractivity contribution < 1.29 is 13.3 Å². The normalized spacial score (nSPS) is 28.3. The first-order chi connectivity index (χ1) is 10.5. The molecule has 0 aromatic heterocycles. The maximum absolute atomic E-state index is 12.4. The Morgan fingerprint density at radius 1 is 1.14 bits per heavy atom. The molecule has 0 bridgehead atoms. The van der Waals surface area contributed by atoms with Gasteiger partial charge in [-0.05, 0) is 56.3 Å². The van der Waals surface area contributed by atoms with Crippen molar-refractivity contribution in [3.8, 4) is 0 Å². The molecule has 0 radical (unpaired) electrons. The average Bonchev–Trinajstić information content (AvgIpc) is 2.94. The summed E-state index contributed by atoms with van der Waals surface area (Å²) in [5.74, 6) is 1.21. The van der Waals surface area contributed by atoms with E-state index in [0.717, 1.165) is 32.4 Å². The molecule has 3 atom stereocenters. The fraction of sp³-hybridized carbons (Fsp3) is 0.571. The minimum atomic E-state index is -3.62. The van der Waals surface area contributed by atoms with Crippen molar-refractivity contribution in [2.24, 2.45) is 11.8 Å². The van der Waals surface area contributed by atoms with E-state index in [0.29, 0.717) is 11.8 Å². The van der Waals surface area contributed by atoms with Crippen molar-refractivity contribution >= 4 is 15.7 Å². The van der Waals surface area contributed by atoms with Crippen LogP contribution >= 0.6 is 0 Å². The average molecular weight is 325 g/mol. The third-order valence-electron chi connectivity index (χ3n) is 4.63. The minimum absolute atomic E-state index is 0.0543. The summed E-state index contributed by atoms with van der Waals surface area (Å²) in [5, 5.41) is 14.0. The van der Waals surface area contributed by atoms with Crippen LogP contribution in [0.5, 0.6) is 0 Å². The van der Waals surface area contributed by atoms with Crippen LogP contribution in [0.4, 0.5) is 5.69 Å². The number of nitro groups is 1. The number of hydrogen-bond acceptors (Lipinski definition) is 5. The van der Waals surface area contributed by atoms with E-state index in [2.05, 4.69) is 10.0 Å². The van der Waals surface area contributed by atoms with Crippen LogP contribution in [0.25, 0.3) is 0 Å². The first-order valence-electron chi connectivity index (χ1n) is 7.43. The third kappa shape index (κ3) is 3.13. The van der Waals surface area contributed by atoms with E-state index in [1.165, 1.54) is 24.3 Å². The molecular formula is C14H19N3O4S. The van der Waals surface area contributed by atoms with Gasteiger partial charge in [0.25, 0.3) is 5.69 Å². The maximum atomic E-state index is 12.4. The van der Waals surface area contributed by atoms with Crippen LogP contribution in [-0.4, -0.2) is 32.5 Å². The van der Waals surface area contributed by atoms with E-state index in [-0.39, 0.29) is 16.6 Å². The fourth-order valence-corrected chi connectivity index (χ4v) is 4.72. The third-order valence-corrected chi connectivity index (χ3v) is 6.17. The Kier molecular flexibility index (Phi) is 4.16. The Bertz CT molecular complexity index is 659. The van der Waals surface area contributed by atoms with Crippen molar-refractivity contribution in [1.82, 2.24) is 10.0 Å². The van der Waals surface area contributed by atoms with Gasteiger partial charge in [-0.2, -0.15) is 0 Å². The molecule has 1 aliphatic carbocycles. The number of non-ortho nitro benzene ring substituents is 1. The number of sulfonamides is 1. The van der Waals surface area contributed by atoms with E-state index in [4.69, 9.17) is 0 Å². The predicted molar refractivity (Wildman–Crippen MR) is 80.9 cm³/mol. The highest BCUT2D eigenvalue weighted by molar-refractivity contribution is 7.89. The summed E-state index contributed by atoms with van der Waals surface area (Å²) >= 11 is 0. The molecule has 1 saturated carbocycles. The first kappa shape index (κ1) is 15.4. The SMILES string of the molecule is O=[N+]([O-])c1ccc(S(=O)(=O)NC2CCC3CNCC3C2)cc1. The second-order valence-corrected chi connectivity index (χ2v) is 7.77. The van der Waals surface area contributed by atoms with Crippen molar-refractivity contribution in [2.45, 2.75) is 30.2 Å². The van der Waals surface area contributed by atoms with Gasteiger partial charge in [-0.25, -0.2) is 13.1 Å². The zero-order valence-electron chi connectivity index (χ0n) is 12.1. The molecule has 0 amide bonds. The van der Waals surface area contributed by atoms with Gasteiger partial charge in [0.2, 0.25) is 10.0 Å². The zero-order valence-corrected chi connectivity index (χ0v) is 12.9. The van der Waals surface area contributed by atoms with E-state index in [1.54, 1.807) is 0 Å². The van der Waals surface area contributed by atoms with Gasteiger partial charge in [0.15, 0.2) is 0 Å². The molecule has 22 heavy (non-hydrogen) atoms. The van der Waals surface area contributed by atoms with Crippen molar-refractivity contribution in [1.29, 1.82) is 0 Å². The predicted octanol–water partition coefficient (Wildman–Crippen LogP) is 1.26. The zero-order chi connectivity index (χ0) is 15.7. The molecule has 1 aromatic rings. The van der Waals surface area contributed by atoms with Gasteiger partial charge in [0.1, 0.15) is 0 Å². The second-order valence-electron chi connectivity index (χ2n) is 6.06. The van der Waals surface area contributed by atoms with Crippen molar-refractivity contribution in [3.05, 3.63) is 34.4 Å². The molecule has 2 N–H and O–H groups in total. The highest BCUT2D eigenvalue weighted by Gasteiger charge is 2.35. The summed E-state index contributed by atoms with van der Waals surface area (Å²) in [4.78, 5) is 10.1. The van der Waals surface area contributed by atoms with Crippen LogP contribution in [0.3, 0.4) is 0 Å². The molecule has 1 aliphatic heterocycles. The van der Waals surface area contributed by atoms with Crippen LogP contribution in [0.15, 0.2) is 29.2 Å². The van der Waals surface area contributed by atoms with E-state index >= 15 is 0 Å². The summed E-state index contributed by atoms with van der Waals surface area (Å²) in [6.07, 6.45) is 2.73. The van der Waals surface area contributed by atoms with Gasteiger partial charge in [-0.15, -0.1) is 0 Å². The Hall–Kier alpha value is -1.51. The number of nitrogens with one attached hydrogen (secondary N) is 2. The molecule has 2 fully saturated rings. The number of rotatable bonds is 4. The van der Waals surface area contributed by atoms with Crippen LogP contribution in [0, 0.1) is 22.0 Å². The van der Waals surface area contributed by atoms with E-state index in [1.807, 2.05) is 0 Å². The highest BCUT2D eigenvalue weighted by Crippen LogP contribution is 2.33. The Balaban J connectivity index is 1.69. The Morgan fingerprint density at radius 2 is 1.82 bits per heavy atom. The summed E-state index contributed by atoms with van der Waals surface area (Å²) in [6, 6.07) is 4.94. The topological polar surface area (TPSA) is 101 Å². The number of fused-ring (bicyclic) bond motifs is 1. The lowest BCUT2D eigenvalue weighted by molar-refractivity contribution is -0.384. The number of benzene rings is 1. The number of nitrogens with zero attached hydrogens (tertiary/aromatic N) is 1. The molecule has 2 aliphatic rings. The van der Waals surface area contributed by atoms with E-state index < -0.39 is 14.9 Å². The van der Waals surface area contributed by atoms with Gasteiger partial charge in [-0.3, -0.25) is 10.1 Å². The van der Waals surface area contributed by atoms with Crippen LogP contribution in [0.2, 0.25) is 0 Å². The summed E-state index contributed by atoms with van der Waals surface area (Å²) in [7, 11) is -3.62. The van der Waals surface area contributed by atoms with Crippen molar-refractivity contribution in [2.75, 3.05) is 13.1 Å². The van der Waals surface area contributed by atoms with E-state index in [9.17, 15) is 18.5 Å². The minimum Gasteiger partial charge on any atom is -0.316 e. The highest BCUT2D eigenvalue weighted by atomic mass is 32.2. The Morgan fingerprint density at radius 3 is 2.50 bits per heavy atom. The quantitative estimate of drug-likeness (QED) is 0.641. The molecule has 1 heterocycles. The molecule has 120 valence electrons. The lowest BCUT2D eigenvalue weighted by atomic mass is 9.79. The van der Waals surface area contributed by atoms with Gasteiger partial charge < -0.3 is 5.32 Å². The number of nitro benzene ring substituents is 1. The van der Waals surface area contributed by atoms with Gasteiger partial charge in [-0.1, -0.05) is 0 Å². The summed E-state index contributed by atoms with van der Waals surface area (Å²) < 4.78 is 27.5. The summed E-state index contributed by atoms with van der Waals surface area (Å²) in [6.45, 7) is 1.99. The van der Waals surface area contributed by atoms with Gasteiger partial charge >= 0.3 is 0 Å². The largest absolute Gasteiger partial charge is 0.316 e. The molecular weight excluding hydrogens is 306 g/mol. The first-order valence-corrected chi connectivity index (χ1v) is 8.91. The molecule has 1 aromatic carbocycles.